The van der Waals surface area contributed by atoms with Crippen molar-refractivity contribution in [1.82, 2.24) is 19.9 Å². The highest BCUT2D eigenvalue weighted by Crippen LogP contribution is 2.32. The topological polar surface area (TPSA) is 113 Å². The Hall–Kier alpha value is -2.30. The highest BCUT2D eigenvalue weighted by atomic mass is 32.1. The van der Waals surface area contributed by atoms with Crippen LogP contribution in [0.3, 0.4) is 0 Å². The van der Waals surface area contributed by atoms with Crippen LogP contribution in [0.1, 0.15) is 55.1 Å². The number of aliphatic hydroxyl groups is 1. The fourth-order valence-corrected chi connectivity index (χ4v) is 5.04. The second kappa shape index (κ2) is 11.7. The van der Waals surface area contributed by atoms with Crippen molar-refractivity contribution in [2.45, 2.75) is 51.6 Å². The van der Waals surface area contributed by atoms with Gasteiger partial charge in [0.15, 0.2) is 0 Å². The van der Waals surface area contributed by atoms with E-state index in [2.05, 4.69) is 27.5 Å². The second-order valence-corrected chi connectivity index (χ2v) is 9.76. The van der Waals surface area contributed by atoms with Gasteiger partial charge >= 0.3 is 0 Å². The van der Waals surface area contributed by atoms with E-state index in [9.17, 15) is 9.90 Å². The minimum absolute atomic E-state index is 0.00362. The molecule has 2 aromatic rings. The first kappa shape index (κ1) is 23.8. The second-order valence-electron chi connectivity index (χ2n) is 8.73. The molecule has 1 aliphatic heterocycles. The summed E-state index contributed by atoms with van der Waals surface area (Å²) < 4.78 is 5.35. The van der Waals surface area contributed by atoms with Crippen LogP contribution in [-0.2, 0) is 4.74 Å². The first-order chi connectivity index (χ1) is 16.1. The molecule has 180 valence electrons. The molecule has 1 aliphatic carbocycles. The molecule has 2 aliphatic rings. The summed E-state index contributed by atoms with van der Waals surface area (Å²) in [6, 6.07) is 0. The molecule has 3 N–H and O–H groups in total. The zero-order valence-corrected chi connectivity index (χ0v) is 20.1. The van der Waals surface area contributed by atoms with Crippen molar-refractivity contribution in [3.8, 4) is 10.6 Å². The van der Waals surface area contributed by atoms with Gasteiger partial charge in [-0.25, -0.2) is 9.97 Å². The molecular weight excluding hydrogens is 440 g/mol. The first-order valence-corrected chi connectivity index (χ1v) is 12.8. The number of hydrogen-bond acceptors (Lipinski definition) is 9. The van der Waals surface area contributed by atoms with Gasteiger partial charge in [0.25, 0.3) is 5.91 Å². The summed E-state index contributed by atoms with van der Waals surface area (Å²) >= 11 is 1.37. The van der Waals surface area contributed by atoms with Crippen LogP contribution in [0.2, 0.25) is 0 Å². The number of nitrogens with one attached hydrogen (secondary N) is 2. The zero-order valence-electron chi connectivity index (χ0n) is 19.3. The maximum absolute atomic E-state index is 12.9. The van der Waals surface area contributed by atoms with Gasteiger partial charge < -0.3 is 25.4 Å². The van der Waals surface area contributed by atoms with E-state index in [0.717, 1.165) is 68.0 Å². The highest BCUT2D eigenvalue weighted by molar-refractivity contribution is 7.17. The number of anilines is 2. The van der Waals surface area contributed by atoms with E-state index in [0.29, 0.717) is 43.0 Å². The molecule has 0 unspecified atom stereocenters. The molecule has 0 aromatic carbocycles. The Balaban J connectivity index is 1.50. The van der Waals surface area contributed by atoms with Gasteiger partial charge in [-0.05, 0) is 38.0 Å². The Bertz CT molecular complexity index is 909. The van der Waals surface area contributed by atoms with Gasteiger partial charge in [-0.1, -0.05) is 13.3 Å². The summed E-state index contributed by atoms with van der Waals surface area (Å²) in [6.07, 6.45) is 9.15. The van der Waals surface area contributed by atoms with E-state index in [1.807, 2.05) is 4.90 Å². The van der Waals surface area contributed by atoms with E-state index >= 15 is 0 Å². The normalized spacial score (nSPS) is 21.1. The van der Waals surface area contributed by atoms with Gasteiger partial charge in [-0.2, -0.15) is 4.98 Å². The number of aromatic nitrogens is 3. The lowest BCUT2D eigenvalue weighted by Gasteiger charge is -2.26. The maximum atomic E-state index is 12.9. The summed E-state index contributed by atoms with van der Waals surface area (Å²) in [6.45, 7) is 6.12. The molecule has 0 atom stereocenters. The molecule has 1 saturated carbocycles. The van der Waals surface area contributed by atoms with E-state index in [1.54, 1.807) is 12.4 Å². The van der Waals surface area contributed by atoms with Crippen molar-refractivity contribution < 1.29 is 14.6 Å². The first-order valence-electron chi connectivity index (χ1n) is 12.0. The van der Waals surface area contributed by atoms with E-state index in [4.69, 9.17) is 9.72 Å². The van der Waals surface area contributed by atoms with Crippen LogP contribution in [0.15, 0.2) is 12.4 Å². The van der Waals surface area contributed by atoms with E-state index in [1.165, 1.54) is 11.3 Å². The highest BCUT2D eigenvalue weighted by Gasteiger charge is 2.23. The third-order valence-electron chi connectivity index (χ3n) is 6.22. The number of ether oxygens (including phenoxy) is 1. The zero-order chi connectivity index (χ0) is 23.0. The van der Waals surface area contributed by atoms with Gasteiger partial charge in [0, 0.05) is 32.4 Å². The molecular formula is C23H34N6O3S. The van der Waals surface area contributed by atoms with Crippen molar-refractivity contribution in [3.63, 3.8) is 0 Å². The summed E-state index contributed by atoms with van der Waals surface area (Å²) in [5.74, 6) is 1.82. The van der Waals surface area contributed by atoms with Crippen LogP contribution in [0.5, 0.6) is 0 Å². The lowest BCUT2D eigenvalue weighted by atomic mass is 9.87. The third-order valence-corrected chi connectivity index (χ3v) is 7.24. The van der Waals surface area contributed by atoms with Crippen molar-refractivity contribution in [3.05, 3.63) is 17.3 Å². The molecule has 2 fully saturated rings. The number of rotatable bonds is 9. The third kappa shape index (κ3) is 6.39. The Morgan fingerprint density at radius 2 is 1.97 bits per heavy atom. The maximum Gasteiger partial charge on any atom is 0.265 e. The SMILES string of the molecule is CCCCNc1ncc(-c2ncc(C(=O)N3CCOCC3)s2)c(NCC2CCC(O)CC2)n1. The molecule has 3 heterocycles. The average molecular weight is 475 g/mol. The number of nitrogens with zero attached hydrogens (tertiary/aromatic N) is 4. The molecule has 2 aromatic heterocycles. The summed E-state index contributed by atoms with van der Waals surface area (Å²) in [5, 5.41) is 17.3. The quantitative estimate of drug-likeness (QED) is 0.475. The smallest absolute Gasteiger partial charge is 0.265 e. The van der Waals surface area contributed by atoms with Gasteiger partial charge in [-0.3, -0.25) is 4.79 Å². The lowest BCUT2D eigenvalue weighted by molar-refractivity contribution is 0.0306. The van der Waals surface area contributed by atoms with Gasteiger partial charge in [0.1, 0.15) is 15.7 Å². The number of morpholine rings is 1. The molecule has 9 nitrogen and oxygen atoms in total. The Morgan fingerprint density at radius 3 is 2.73 bits per heavy atom. The van der Waals surface area contributed by atoms with Crippen LogP contribution >= 0.6 is 11.3 Å². The number of thiazole rings is 1. The Morgan fingerprint density at radius 1 is 1.18 bits per heavy atom. The van der Waals surface area contributed by atoms with Crippen molar-refractivity contribution in [1.29, 1.82) is 0 Å². The van der Waals surface area contributed by atoms with Gasteiger partial charge in [0.2, 0.25) is 5.95 Å². The largest absolute Gasteiger partial charge is 0.393 e. The molecule has 10 heteroatoms. The lowest BCUT2D eigenvalue weighted by Crippen LogP contribution is -2.40. The Kier molecular flexibility index (Phi) is 8.46. The van der Waals surface area contributed by atoms with Gasteiger partial charge in [-0.15, -0.1) is 11.3 Å². The predicted molar refractivity (Wildman–Crippen MR) is 130 cm³/mol. The Labute approximate surface area is 199 Å². The fourth-order valence-electron chi connectivity index (χ4n) is 4.15. The number of carbonyl (C=O) groups is 1. The molecule has 33 heavy (non-hydrogen) atoms. The van der Waals surface area contributed by atoms with Crippen LogP contribution in [0, 0.1) is 5.92 Å². The number of aliphatic hydroxyl groups excluding tert-OH is 1. The average Bonchev–Trinajstić information content (AvgIpc) is 3.34. The van der Waals surface area contributed by atoms with Gasteiger partial charge in [0.05, 0.1) is 31.1 Å². The van der Waals surface area contributed by atoms with Crippen LogP contribution in [0.25, 0.3) is 10.6 Å². The van der Waals surface area contributed by atoms with E-state index < -0.39 is 0 Å². The molecule has 0 radical (unpaired) electrons. The summed E-state index contributed by atoms with van der Waals surface area (Å²) in [7, 11) is 0. The molecule has 1 amide bonds. The minimum Gasteiger partial charge on any atom is -0.393 e. The van der Waals surface area contributed by atoms with Crippen molar-refractivity contribution >= 4 is 29.0 Å². The number of hydrogen-bond donors (Lipinski definition) is 3. The van der Waals surface area contributed by atoms with Crippen LogP contribution in [-0.4, -0.2) is 76.4 Å². The van der Waals surface area contributed by atoms with Crippen LogP contribution < -0.4 is 10.6 Å². The van der Waals surface area contributed by atoms with E-state index in [-0.39, 0.29) is 12.0 Å². The molecule has 4 rings (SSSR count). The number of unbranched alkanes of at least 4 members (excludes halogenated alkanes) is 1. The van der Waals surface area contributed by atoms with Crippen LogP contribution in [0.4, 0.5) is 11.8 Å². The summed E-state index contributed by atoms with van der Waals surface area (Å²) in [5.41, 5.74) is 0.804. The molecule has 0 bridgehead atoms. The molecule has 0 spiro atoms. The number of amides is 1. The summed E-state index contributed by atoms with van der Waals surface area (Å²) in [4.78, 5) is 29.1. The fraction of sp³-hybridized carbons (Fsp3) is 0.652. The van der Waals surface area contributed by atoms with Crippen molar-refractivity contribution in [2.75, 3.05) is 50.0 Å². The predicted octanol–water partition coefficient (Wildman–Crippen LogP) is 3.25. The van der Waals surface area contributed by atoms with Crippen molar-refractivity contribution in [2.24, 2.45) is 5.92 Å². The number of carbonyl (C=O) groups excluding carboxylic acids is 1. The molecule has 1 saturated heterocycles. The monoisotopic (exact) mass is 474 g/mol. The minimum atomic E-state index is -0.164. The standard InChI is InChI=1S/C23H34N6O3S/c1-2-3-8-24-23-27-14-18(20(28-23)25-13-16-4-6-17(30)7-5-16)21-26-15-19(33-21)22(31)29-9-11-32-12-10-29/h14-17,30H,2-13H2,1H3,(H2,24,25,27,28).